The number of hydrogen-bond acceptors (Lipinski definition) is 3. The van der Waals surface area contributed by atoms with E-state index in [0.717, 1.165) is 20.4 Å². The minimum atomic E-state index is 0.255. The molecule has 0 saturated carbocycles. The SMILES string of the molecule is CCc1cnc(C(C)NC(C)c2ccc(Br)cc2Br)s1. The van der Waals surface area contributed by atoms with Gasteiger partial charge in [-0.15, -0.1) is 11.3 Å². The third-order valence-electron chi connectivity index (χ3n) is 3.22. The van der Waals surface area contributed by atoms with Crippen molar-refractivity contribution in [1.82, 2.24) is 10.3 Å². The smallest absolute Gasteiger partial charge is 0.109 e. The molecule has 1 heterocycles. The van der Waals surface area contributed by atoms with E-state index in [2.05, 4.69) is 81.1 Å². The van der Waals surface area contributed by atoms with Gasteiger partial charge in [-0.25, -0.2) is 4.98 Å². The Morgan fingerprint density at radius 3 is 2.60 bits per heavy atom. The Bertz CT molecular complexity index is 583. The number of aromatic nitrogens is 1. The fourth-order valence-electron chi connectivity index (χ4n) is 2.08. The number of benzene rings is 1. The second kappa shape index (κ2) is 7.16. The highest BCUT2D eigenvalue weighted by molar-refractivity contribution is 9.11. The van der Waals surface area contributed by atoms with Gasteiger partial charge in [0.1, 0.15) is 5.01 Å². The summed E-state index contributed by atoms with van der Waals surface area (Å²) >= 11 is 8.90. The molecule has 2 rings (SSSR count). The van der Waals surface area contributed by atoms with Crippen LogP contribution < -0.4 is 5.32 Å². The van der Waals surface area contributed by atoms with Gasteiger partial charge in [-0.3, -0.25) is 0 Å². The van der Waals surface area contributed by atoms with E-state index in [4.69, 9.17) is 0 Å². The van der Waals surface area contributed by atoms with Crippen molar-refractivity contribution in [1.29, 1.82) is 0 Å². The van der Waals surface area contributed by atoms with E-state index in [1.165, 1.54) is 10.4 Å². The minimum Gasteiger partial charge on any atom is -0.301 e. The van der Waals surface area contributed by atoms with Crippen LogP contribution in [0.1, 0.15) is 48.3 Å². The van der Waals surface area contributed by atoms with Gasteiger partial charge in [0.05, 0.1) is 6.04 Å². The van der Waals surface area contributed by atoms with Crippen LogP contribution in [-0.4, -0.2) is 4.98 Å². The molecule has 2 nitrogen and oxygen atoms in total. The molecule has 0 aliphatic rings. The van der Waals surface area contributed by atoms with Gasteiger partial charge >= 0.3 is 0 Å². The first-order valence-electron chi connectivity index (χ1n) is 6.66. The summed E-state index contributed by atoms with van der Waals surface area (Å²) in [5.41, 5.74) is 1.26. The van der Waals surface area contributed by atoms with Crippen molar-refractivity contribution in [3.63, 3.8) is 0 Å². The zero-order valence-corrected chi connectivity index (χ0v) is 15.8. The number of rotatable bonds is 5. The number of nitrogens with zero attached hydrogens (tertiary/aromatic N) is 1. The fraction of sp³-hybridized carbons (Fsp3) is 0.400. The largest absolute Gasteiger partial charge is 0.301 e. The van der Waals surface area contributed by atoms with Crippen molar-refractivity contribution in [3.8, 4) is 0 Å². The van der Waals surface area contributed by atoms with E-state index in [1.807, 2.05) is 6.20 Å². The first-order chi connectivity index (χ1) is 9.51. The van der Waals surface area contributed by atoms with Crippen LogP contribution in [0.15, 0.2) is 33.3 Å². The van der Waals surface area contributed by atoms with Crippen LogP contribution in [0, 0.1) is 0 Å². The minimum absolute atomic E-state index is 0.255. The fourth-order valence-corrected chi connectivity index (χ4v) is 4.33. The quantitative estimate of drug-likeness (QED) is 0.680. The molecule has 20 heavy (non-hydrogen) atoms. The van der Waals surface area contributed by atoms with Crippen LogP contribution in [0.2, 0.25) is 0 Å². The van der Waals surface area contributed by atoms with Crippen molar-refractivity contribution in [2.24, 2.45) is 0 Å². The molecule has 0 saturated heterocycles. The molecule has 1 aromatic heterocycles. The number of halogens is 2. The summed E-state index contributed by atoms with van der Waals surface area (Å²) in [6.45, 7) is 6.51. The van der Waals surface area contributed by atoms with Crippen molar-refractivity contribution >= 4 is 43.2 Å². The van der Waals surface area contributed by atoms with E-state index in [0.29, 0.717) is 0 Å². The summed E-state index contributed by atoms with van der Waals surface area (Å²) < 4.78 is 2.20. The maximum Gasteiger partial charge on any atom is 0.109 e. The molecule has 0 spiro atoms. The summed E-state index contributed by atoms with van der Waals surface area (Å²) in [6, 6.07) is 6.81. The Morgan fingerprint density at radius 2 is 2.00 bits per heavy atom. The number of hydrogen-bond donors (Lipinski definition) is 1. The highest BCUT2D eigenvalue weighted by atomic mass is 79.9. The lowest BCUT2D eigenvalue weighted by molar-refractivity contribution is 0.492. The Kier molecular flexibility index (Phi) is 5.78. The first-order valence-corrected chi connectivity index (χ1v) is 9.07. The monoisotopic (exact) mass is 416 g/mol. The van der Waals surface area contributed by atoms with Crippen LogP contribution >= 0.6 is 43.2 Å². The van der Waals surface area contributed by atoms with E-state index >= 15 is 0 Å². The second-order valence-corrected chi connectivity index (χ2v) is 7.71. The molecule has 0 amide bonds. The van der Waals surface area contributed by atoms with Gasteiger partial charge in [0, 0.05) is 26.1 Å². The van der Waals surface area contributed by atoms with Crippen LogP contribution in [0.5, 0.6) is 0 Å². The summed E-state index contributed by atoms with van der Waals surface area (Å²) in [4.78, 5) is 5.85. The van der Waals surface area contributed by atoms with Crippen LogP contribution in [0.3, 0.4) is 0 Å². The predicted octanol–water partition coefficient (Wildman–Crippen LogP) is 5.64. The maximum atomic E-state index is 4.51. The molecule has 108 valence electrons. The topological polar surface area (TPSA) is 24.9 Å². The highest BCUT2D eigenvalue weighted by Gasteiger charge is 2.15. The average Bonchev–Trinajstić information content (AvgIpc) is 2.87. The van der Waals surface area contributed by atoms with Crippen molar-refractivity contribution in [2.75, 3.05) is 0 Å². The Balaban J connectivity index is 2.08. The normalized spacial score (nSPS) is 14.2. The predicted molar refractivity (Wildman–Crippen MR) is 93.3 cm³/mol. The molecule has 2 aromatic rings. The standard InChI is InChI=1S/C15H18Br2N2S/c1-4-12-8-18-15(20-12)10(3)19-9(2)13-6-5-11(16)7-14(13)17/h5-10,19H,4H2,1-3H3. The van der Waals surface area contributed by atoms with E-state index in [9.17, 15) is 0 Å². The molecule has 0 aliphatic heterocycles. The lowest BCUT2D eigenvalue weighted by Crippen LogP contribution is -2.22. The van der Waals surface area contributed by atoms with Crippen LogP contribution in [0.25, 0.3) is 0 Å². The Morgan fingerprint density at radius 1 is 1.25 bits per heavy atom. The van der Waals surface area contributed by atoms with Crippen molar-refractivity contribution in [3.05, 3.63) is 48.8 Å². The molecule has 0 bridgehead atoms. The van der Waals surface area contributed by atoms with Crippen molar-refractivity contribution < 1.29 is 0 Å². The zero-order chi connectivity index (χ0) is 14.7. The molecule has 1 N–H and O–H groups in total. The van der Waals surface area contributed by atoms with Gasteiger partial charge in [0.2, 0.25) is 0 Å². The second-order valence-electron chi connectivity index (χ2n) is 4.79. The molecule has 2 atom stereocenters. The summed E-state index contributed by atoms with van der Waals surface area (Å²) in [7, 11) is 0. The maximum absolute atomic E-state index is 4.51. The molecule has 5 heteroatoms. The number of thiazole rings is 1. The van der Waals surface area contributed by atoms with Gasteiger partial charge in [-0.1, -0.05) is 44.8 Å². The summed E-state index contributed by atoms with van der Waals surface area (Å²) in [5.74, 6) is 0. The van der Waals surface area contributed by atoms with Gasteiger partial charge in [-0.2, -0.15) is 0 Å². The van der Waals surface area contributed by atoms with Gasteiger partial charge in [0.15, 0.2) is 0 Å². The molecule has 1 aromatic carbocycles. The molecule has 2 unspecified atom stereocenters. The summed E-state index contributed by atoms with van der Waals surface area (Å²) in [6.07, 6.45) is 3.04. The van der Waals surface area contributed by atoms with Crippen LogP contribution in [-0.2, 0) is 6.42 Å². The Labute approximate surface area is 141 Å². The summed E-state index contributed by atoms with van der Waals surface area (Å²) in [5, 5.41) is 4.77. The third-order valence-corrected chi connectivity index (χ3v) is 5.72. The third kappa shape index (κ3) is 3.91. The van der Waals surface area contributed by atoms with E-state index in [1.54, 1.807) is 11.3 Å². The van der Waals surface area contributed by atoms with Gasteiger partial charge in [-0.05, 0) is 38.0 Å². The van der Waals surface area contributed by atoms with Crippen molar-refractivity contribution in [2.45, 2.75) is 39.3 Å². The molecule has 0 radical (unpaired) electrons. The number of nitrogens with one attached hydrogen (secondary N) is 1. The Hall–Kier alpha value is -0.230. The van der Waals surface area contributed by atoms with E-state index in [-0.39, 0.29) is 12.1 Å². The van der Waals surface area contributed by atoms with E-state index < -0.39 is 0 Å². The average molecular weight is 418 g/mol. The van der Waals surface area contributed by atoms with Gasteiger partial charge in [0.25, 0.3) is 0 Å². The highest BCUT2D eigenvalue weighted by Crippen LogP contribution is 2.29. The number of aryl methyl sites for hydroxylation is 1. The molecule has 0 fully saturated rings. The molecular formula is C15H18Br2N2S. The first kappa shape index (κ1) is 16.1. The van der Waals surface area contributed by atoms with Crippen LogP contribution in [0.4, 0.5) is 0 Å². The molecule has 0 aliphatic carbocycles. The lowest BCUT2D eigenvalue weighted by Gasteiger charge is -2.20. The molecular weight excluding hydrogens is 400 g/mol. The van der Waals surface area contributed by atoms with Gasteiger partial charge < -0.3 is 5.32 Å². The lowest BCUT2D eigenvalue weighted by atomic mass is 10.1. The zero-order valence-electron chi connectivity index (χ0n) is 11.8.